The highest BCUT2D eigenvalue weighted by Gasteiger charge is 2.20. The van der Waals surface area contributed by atoms with E-state index in [9.17, 15) is 9.18 Å². The van der Waals surface area contributed by atoms with Crippen LogP contribution in [0.4, 0.5) is 4.39 Å². The standard InChI is InChI=1S/C18H15ClFN3O2.ClH/c19-12-7-13(9-21)23-16(8-12)17(24)6-11-1-2-14(15(20)5-11)18-10-22-3-4-25-18;/h1-2,5,7-8,18,22H,3-4,6,10H2;1H/t18-;/m1./s1. The van der Waals surface area contributed by atoms with Gasteiger partial charge in [-0.25, -0.2) is 9.37 Å². The van der Waals surface area contributed by atoms with Gasteiger partial charge in [-0.1, -0.05) is 23.7 Å². The molecule has 136 valence electrons. The fourth-order valence-corrected chi connectivity index (χ4v) is 2.89. The maximum absolute atomic E-state index is 14.4. The van der Waals surface area contributed by atoms with E-state index in [1.165, 1.54) is 18.2 Å². The zero-order valence-electron chi connectivity index (χ0n) is 13.7. The highest BCUT2D eigenvalue weighted by atomic mass is 35.5. The number of carbonyl (C=O) groups excluding carboxylic acids is 1. The van der Waals surface area contributed by atoms with Gasteiger partial charge in [-0.15, -0.1) is 12.4 Å². The van der Waals surface area contributed by atoms with Crippen LogP contribution in [-0.2, 0) is 11.2 Å². The average Bonchev–Trinajstić information content (AvgIpc) is 2.62. The first-order chi connectivity index (χ1) is 12.1. The number of ketones is 1. The third-order valence-electron chi connectivity index (χ3n) is 3.89. The van der Waals surface area contributed by atoms with Crippen LogP contribution in [0.25, 0.3) is 0 Å². The number of aromatic nitrogens is 1. The monoisotopic (exact) mass is 395 g/mol. The topological polar surface area (TPSA) is 75.0 Å². The lowest BCUT2D eigenvalue weighted by atomic mass is 10.0. The highest BCUT2D eigenvalue weighted by molar-refractivity contribution is 6.31. The molecule has 0 spiro atoms. The van der Waals surface area contributed by atoms with Crippen molar-refractivity contribution in [3.8, 4) is 6.07 Å². The Labute approximate surface area is 161 Å². The molecule has 1 aliphatic rings. The Bertz CT molecular complexity index is 849. The Morgan fingerprint density at radius 2 is 2.23 bits per heavy atom. The zero-order chi connectivity index (χ0) is 17.8. The molecule has 1 aromatic carbocycles. The summed E-state index contributed by atoms with van der Waals surface area (Å²) in [6, 6.07) is 9.31. The SMILES string of the molecule is Cl.N#Cc1cc(Cl)cc(C(=O)Cc2ccc([C@H]3CNCCO3)c(F)c2)n1. The Kier molecular flexibility index (Phi) is 7.06. The Morgan fingerprint density at radius 3 is 2.88 bits per heavy atom. The van der Waals surface area contributed by atoms with Crippen LogP contribution in [0.15, 0.2) is 30.3 Å². The van der Waals surface area contributed by atoms with Crippen molar-refractivity contribution < 1.29 is 13.9 Å². The third-order valence-corrected chi connectivity index (χ3v) is 4.11. The van der Waals surface area contributed by atoms with Crippen LogP contribution in [-0.4, -0.2) is 30.5 Å². The van der Waals surface area contributed by atoms with E-state index in [1.807, 2.05) is 6.07 Å². The highest BCUT2D eigenvalue weighted by Crippen LogP contribution is 2.23. The first kappa shape index (κ1) is 20.3. The molecule has 0 bridgehead atoms. The zero-order valence-corrected chi connectivity index (χ0v) is 15.2. The molecule has 2 aromatic rings. The molecule has 1 atom stereocenters. The first-order valence-corrected chi connectivity index (χ1v) is 8.16. The predicted octanol–water partition coefficient (Wildman–Crippen LogP) is 3.25. The summed E-state index contributed by atoms with van der Waals surface area (Å²) in [5.41, 5.74) is 1.15. The van der Waals surface area contributed by atoms with Crippen molar-refractivity contribution in [2.24, 2.45) is 0 Å². The van der Waals surface area contributed by atoms with E-state index < -0.39 is 5.82 Å². The van der Waals surface area contributed by atoms with Gasteiger partial charge >= 0.3 is 0 Å². The van der Waals surface area contributed by atoms with E-state index in [1.54, 1.807) is 12.1 Å². The van der Waals surface area contributed by atoms with E-state index in [0.717, 1.165) is 6.54 Å². The molecule has 8 heteroatoms. The summed E-state index contributed by atoms with van der Waals surface area (Å²) in [6.45, 7) is 1.84. The van der Waals surface area contributed by atoms with Crippen molar-refractivity contribution in [3.05, 3.63) is 63.7 Å². The molecule has 2 heterocycles. The molecule has 1 N–H and O–H groups in total. The van der Waals surface area contributed by atoms with E-state index >= 15 is 0 Å². The Morgan fingerprint density at radius 1 is 1.42 bits per heavy atom. The molecule has 1 fully saturated rings. The van der Waals surface area contributed by atoms with Gasteiger partial charge < -0.3 is 10.1 Å². The van der Waals surface area contributed by atoms with Crippen LogP contribution in [0, 0.1) is 17.1 Å². The maximum atomic E-state index is 14.4. The normalized spacial score (nSPS) is 16.4. The number of ether oxygens (including phenoxy) is 1. The fourth-order valence-electron chi connectivity index (χ4n) is 2.68. The minimum atomic E-state index is -0.407. The Balaban J connectivity index is 0.00000243. The predicted molar refractivity (Wildman–Crippen MR) is 97.2 cm³/mol. The van der Waals surface area contributed by atoms with Crippen molar-refractivity contribution in [1.82, 2.24) is 10.3 Å². The summed E-state index contributed by atoms with van der Waals surface area (Å²) < 4.78 is 19.9. The molecule has 3 rings (SSSR count). The molecule has 1 saturated heterocycles. The van der Waals surface area contributed by atoms with Crippen molar-refractivity contribution in [2.75, 3.05) is 19.7 Å². The molecule has 1 aliphatic heterocycles. The smallest absolute Gasteiger partial charge is 0.185 e. The lowest BCUT2D eigenvalue weighted by molar-refractivity contribution is 0.0255. The van der Waals surface area contributed by atoms with E-state index in [-0.39, 0.29) is 47.1 Å². The maximum Gasteiger partial charge on any atom is 0.185 e. The van der Waals surface area contributed by atoms with Crippen molar-refractivity contribution >= 4 is 29.8 Å². The van der Waals surface area contributed by atoms with Gasteiger partial charge in [0.25, 0.3) is 0 Å². The van der Waals surface area contributed by atoms with Crippen LogP contribution < -0.4 is 5.32 Å². The molecule has 0 amide bonds. The Hall–Kier alpha value is -2.04. The quantitative estimate of drug-likeness (QED) is 0.804. The number of nitrogens with one attached hydrogen (secondary N) is 1. The summed E-state index contributed by atoms with van der Waals surface area (Å²) in [6.07, 6.45) is -0.356. The van der Waals surface area contributed by atoms with Gasteiger partial charge in [0.05, 0.1) is 12.7 Å². The average molecular weight is 396 g/mol. The molecule has 1 aromatic heterocycles. The number of nitriles is 1. The van der Waals surface area contributed by atoms with Gasteiger partial charge in [0.2, 0.25) is 0 Å². The van der Waals surface area contributed by atoms with Crippen molar-refractivity contribution in [1.29, 1.82) is 5.26 Å². The minimum absolute atomic E-state index is 0. The third kappa shape index (κ3) is 4.77. The molecule has 26 heavy (non-hydrogen) atoms. The van der Waals surface area contributed by atoms with Gasteiger partial charge in [0.15, 0.2) is 5.78 Å². The lowest BCUT2D eigenvalue weighted by Gasteiger charge is -2.24. The molecular weight excluding hydrogens is 380 g/mol. The number of Topliss-reactive ketones (excluding diaryl/α,β-unsaturated/α-hetero) is 1. The number of halogens is 3. The largest absolute Gasteiger partial charge is 0.371 e. The second kappa shape index (κ2) is 9.06. The molecule has 0 saturated carbocycles. The minimum Gasteiger partial charge on any atom is -0.371 e. The summed E-state index contributed by atoms with van der Waals surface area (Å²) in [7, 11) is 0. The second-order valence-corrected chi connectivity index (χ2v) is 6.12. The van der Waals surface area contributed by atoms with Gasteiger partial charge in [0.1, 0.15) is 23.3 Å². The summed E-state index contributed by atoms with van der Waals surface area (Å²) >= 11 is 5.88. The van der Waals surface area contributed by atoms with Gasteiger partial charge in [-0.05, 0) is 23.8 Å². The number of benzene rings is 1. The molecular formula is C18H16Cl2FN3O2. The number of nitrogens with zero attached hydrogens (tertiary/aromatic N) is 2. The number of hydrogen-bond acceptors (Lipinski definition) is 5. The molecule has 0 aliphatic carbocycles. The fraction of sp³-hybridized carbons (Fsp3) is 0.278. The van der Waals surface area contributed by atoms with Crippen LogP contribution in [0.5, 0.6) is 0 Å². The van der Waals surface area contributed by atoms with Crippen molar-refractivity contribution in [3.63, 3.8) is 0 Å². The van der Waals surface area contributed by atoms with Gasteiger partial charge in [0, 0.05) is 30.1 Å². The van der Waals surface area contributed by atoms with Gasteiger partial charge in [-0.2, -0.15) is 5.26 Å². The number of hydrogen-bond donors (Lipinski definition) is 1. The molecule has 5 nitrogen and oxygen atoms in total. The van der Waals surface area contributed by atoms with Gasteiger partial charge in [-0.3, -0.25) is 4.79 Å². The number of rotatable bonds is 4. The first-order valence-electron chi connectivity index (χ1n) is 7.78. The van der Waals surface area contributed by atoms with Crippen LogP contribution in [0.1, 0.15) is 33.4 Å². The summed E-state index contributed by atoms with van der Waals surface area (Å²) in [5.74, 6) is -0.738. The number of pyridine rings is 1. The van der Waals surface area contributed by atoms with E-state index in [4.69, 9.17) is 21.6 Å². The number of morpholine rings is 1. The lowest BCUT2D eigenvalue weighted by Crippen LogP contribution is -2.33. The van der Waals surface area contributed by atoms with Crippen LogP contribution in [0.3, 0.4) is 0 Å². The number of carbonyl (C=O) groups is 1. The summed E-state index contributed by atoms with van der Waals surface area (Å²) in [4.78, 5) is 16.3. The van der Waals surface area contributed by atoms with Crippen molar-refractivity contribution in [2.45, 2.75) is 12.5 Å². The van der Waals surface area contributed by atoms with Crippen LogP contribution in [0.2, 0.25) is 5.02 Å². The summed E-state index contributed by atoms with van der Waals surface area (Å²) in [5, 5.41) is 12.3. The molecule has 0 unspecified atom stereocenters. The van der Waals surface area contributed by atoms with Crippen LogP contribution >= 0.6 is 24.0 Å². The van der Waals surface area contributed by atoms with E-state index in [2.05, 4.69) is 10.3 Å². The second-order valence-electron chi connectivity index (χ2n) is 5.69. The molecule has 0 radical (unpaired) electrons. The van der Waals surface area contributed by atoms with E-state index in [0.29, 0.717) is 24.3 Å².